The molecule has 1 aromatic carbocycles. The SMILES string of the molecule is COc1ccc(S(=O)(=O)N2CCCC(C(=O)Nc3nnc(Cc4ccc(Cl)s4)o3)C2)cc1. The van der Waals surface area contributed by atoms with E-state index in [1.165, 1.54) is 34.9 Å². The maximum absolute atomic E-state index is 13.0. The van der Waals surface area contributed by atoms with Gasteiger partial charge in [-0.25, -0.2) is 8.42 Å². The molecule has 1 aliphatic rings. The van der Waals surface area contributed by atoms with Crippen molar-refractivity contribution in [3.8, 4) is 5.75 Å². The number of rotatable bonds is 7. The fourth-order valence-electron chi connectivity index (χ4n) is 3.45. The van der Waals surface area contributed by atoms with Crippen molar-refractivity contribution in [2.45, 2.75) is 24.2 Å². The van der Waals surface area contributed by atoms with Crippen molar-refractivity contribution in [1.29, 1.82) is 0 Å². The Kier molecular flexibility index (Phi) is 6.79. The summed E-state index contributed by atoms with van der Waals surface area (Å²) in [6, 6.07) is 9.83. The van der Waals surface area contributed by atoms with Gasteiger partial charge in [-0.1, -0.05) is 16.7 Å². The van der Waals surface area contributed by atoms with Gasteiger partial charge in [0.15, 0.2) is 0 Å². The second-order valence-corrected chi connectivity index (χ2v) is 11.0. The lowest BCUT2D eigenvalue weighted by Gasteiger charge is -2.30. The Bertz CT molecular complexity index is 1190. The van der Waals surface area contributed by atoms with Crippen LogP contribution in [0, 0.1) is 5.92 Å². The van der Waals surface area contributed by atoms with Crippen LogP contribution in [-0.2, 0) is 21.2 Å². The molecule has 1 atom stereocenters. The Morgan fingerprint density at radius 1 is 1.28 bits per heavy atom. The van der Waals surface area contributed by atoms with Crippen molar-refractivity contribution < 1.29 is 22.4 Å². The average Bonchev–Trinajstić information content (AvgIpc) is 3.42. The number of hydrogen-bond acceptors (Lipinski definition) is 8. The Morgan fingerprint density at radius 2 is 2.06 bits per heavy atom. The molecular weight excluding hydrogens is 476 g/mol. The zero-order chi connectivity index (χ0) is 22.7. The number of piperidine rings is 1. The fraction of sp³-hybridized carbons (Fsp3) is 0.350. The van der Waals surface area contributed by atoms with Crippen molar-refractivity contribution in [2.24, 2.45) is 5.92 Å². The maximum atomic E-state index is 13.0. The van der Waals surface area contributed by atoms with Gasteiger partial charge in [0.1, 0.15) is 5.75 Å². The third kappa shape index (κ3) is 5.12. The van der Waals surface area contributed by atoms with Gasteiger partial charge in [-0.15, -0.1) is 16.4 Å². The number of amides is 1. The molecule has 1 fully saturated rings. The molecule has 0 bridgehead atoms. The molecule has 1 unspecified atom stereocenters. The number of halogens is 1. The molecule has 1 saturated heterocycles. The number of thiophene rings is 1. The van der Waals surface area contributed by atoms with E-state index in [1.54, 1.807) is 18.2 Å². The number of benzene rings is 1. The topological polar surface area (TPSA) is 115 Å². The molecule has 4 rings (SSSR count). The molecule has 0 radical (unpaired) electrons. The second-order valence-electron chi connectivity index (χ2n) is 7.25. The first kappa shape index (κ1) is 22.7. The summed E-state index contributed by atoms with van der Waals surface area (Å²) in [6.07, 6.45) is 1.55. The molecule has 1 aliphatic heterocycles. The molecule has 1 N–H and O–H groups in total. The van der Waals surface area contributed by atoms with E-state index in [9.17, 15) is 13.2 Å². The summed E-state index contributed by atoms with van der Waals surface area (Å²) < 4.78 is 38.6. The number of hydrogen-bond donors (Lipinski definition) is 1. The van der Waals surface area contributed by atoms with E-state index >= 15 is 0 Å². The highest BCUT2D eigenvalue weighted by molar-refractivity contribution is 7.89. The fourth-order valence-corrected chi connectivity index (χ4v) is 6.05. The summed E-state index contributed by atoms with van der Waals surface area (Å²) in [5.74, 6) is 0.0457. The first-order valence-electron chi connectivity index (χ1n) is 9.87. The van der Waals surface area contributed by atoms with Gasteiger partial charge < -0.3 is 9.15 Å². The summed E-state index contributed by atoms with van der Waals surface area (Å²) in [5.41, 5.74) is 0. The lowest BCUT2D eigenvalue weighted by molar-refractivity contribution is -0.121. The normalized spacial score (nSPS) is 17.2. The summed E-state index contributed by atoms with van der Waals surface area (Å²) in [5, 5.41) is 10.4. The Morgan fingerprint density at radius 3 is 2.75 bits per heavy atom. The van der Waals surface area contributed by atoms with Crippen LogP contribution in [0.4, 0.5) is 6.01 Å². The summed E-state index contributed by atoms with van der Waals surface area (Å²) in [7, 11) is -2.20. The molecule has 0 aliphatic carbocycles. The van der Waals surface area contributed by atoms with Crippen LogP contribution in [0.15, 0.2) is 45.7 Å². The molecule has 3 aromatic rings. The largest absolute Gasteiger partial charge is 0.497 e. The van der Waals surface area contributed by atoms with Crippen LogP contribution in [-0.4, -0.2) is 49.0 Å². The van der Waals surface area contributed by atoms with Crippen LogP contribution in [0.5, 0.6) is 5.75 Å². The summed E-state index contributed by atoms with van der Waals surface area (Å²) in [6.45, 7) is 0.432. The van der Waals surface area contributed by atoms with Gasteiger partial charge in [0.05, 0.1) is 28.7 Å². The molecule has 170 valence electrons. The number of sulfonamides is 1. The van der Waals surface area contributed by atoms with Crippen LogP contribution in [0.3, 0.4) is 0 Å². The molecule has 0 spiro atoms. The van der Waals surface area contributed by atoms with Crippen molar-refractivity contribution in [3.05, 3.63) is 51.5 Å². The molecule has 0 saturated carbocycles. The highest BCUT2D eigenvalue weighted by atomic mass is 35.5. The standard InChI is InChI=1S/C20H21ClN4O5S2/c1-29-14-4-7-16(8-5-14)32(27,28)25-10-2-3-13(12-25)19(26)22-20-24-23-18(30-20)11-15-6-9-17(21)31-15/h4-9,13H,2-3,10-12H2,1H3,(H,22,24,26). The first-order chi connectivity index (χ1) is 15.3. The Labute approximate surface area is 194 Å². The molecule has 3 heterocycles. The summed E-state index contributed by atoms with van der Waals surface area (Å²) in [4.78, 5) is 13.9. The van der Waals surface area contributed by atoms with E-state index in [0.717, 1.165) is 4.88 Å². The van der Waals surface area contributed by atoms with E-state index in [1.807, 2.05) is 6.07 Å². The zero-order valence-electron chi connectivity index (χ0n) is 17.2. The summed E-state index contributed by atoms with van der Waals surface area (Å²) >= 11 is 7.34. The number of methoxy groups -OCH3 is 1. The number of ether oxygens (including phenoxy) is 1. The second kappa shape index (κ2) is 9.57. The highest BCUT2D eigenvalue weighted by Gasteiger charge is 2.33. The molecule has 9 nitrogen and oxygen atoms in total. The first-order valence-corrected chi connectivity index (χ1v) is 12.5. The van der Waals surface area contributed by atoms with Crippen LogP contribution in [0.25, 0.3) is 0 Å². The lowest BCUT2D eigenvalue weighted by atomic mass is 9.99. The van der Waals surface area contributed by atoms with Gasteiger partial charge in [-0.05, 0) is 49.2 Å². The molecule has 12 heteroatoms. The van der Waals surface area contributed by atoms with E-state index in [4.69, 9.17) is 20.8 Å². The Balaban J connectivity index is 1.39. The number of nitrogens with zero attached hydrogens (tertiary/aromatic N) is 3. The van der Waals surface area contributed by atoms with Crippen molar-refractivity contribution in [2.75, 3.05) is 25.5 Å². The number of carbonyl (C=O) groups is 1. The minimum Gasteiger partial charge on any atom is -0.497 e. The Hall–Kier alpha value is -2.47. The third-order valence-electron chi connectivity index (χ3n) is 5.10. The van der Waals surface area contributed by atoms with Crippen molar-refractivity contribution in [1.82, 2.24) is 14.5 Å². The van der Waals surface area contributed by atoms with Crippen molar-refractivity contribution in [3.63, 3.8) is 0 Å². The predicted octanol–water partition coefficient (Wildman–Crippen LogP) is 3.42. The lowest BCUT2D eigenvalue weighted by Crippen LogP contribution is -2.43. The third-order valence-corrected chi connectivity index (χ3v) is 8.21. The van der Waals surface area contributed by atoms with Gasteiger partial charge in [-0.3, -0.25) is 10.1 Å². The van der Waals surface area contributed by atoms with E-state index in [-0.39, 0.29) is 23.4 Å². The van der Waals surface area contributed by atoms with E-state index in [2.05, 4.69) is 15.5 Å². The average molecular weight is 497 g/mol. The van der Waals surface area contributed by atoms with Crippen LogP contribution >= 0.6 is 22.9 Å². The van der Waals surface area contributed by atoms with E-state index in [0.29, 0.717) is 41.8 Å². The molecule has 32 heavy (non-hydrogen) atoms. The van der Waals surface area contributed by atoms with Gasteiger partial charge in [0.2, 0.25) is 21.8 Å². The van der Waals surface area contributed by atoms with Gasteiger partial charge in [-0.2, -0.15) is 4.31 Å². The van der Waals surface area contributed by atoms with Crippen LogP contribution in [0.2, 0.25) is 4.34 Å². The van der Waals surface area contributed by atoms with Gasteiger partial charge in [0.25, 0.3) is 0 Å². The number of carbonyl (C=O) groups excluding carboxylic acids is 1. The van der Waals surface area contributed by atoms with Crippen molar-refractivity contribution >= 4 is 44.9 Å². The minimum atomic E-state index is -3.72. The van der Waals surface area contributed by atoms with E-state index < -0.39 is 15.9 Å². The molecule has 1 amide bonds. The number of anilines is 1. The predicted molar refractivity (Wildman–Crippen MR) is 120 cm³/mol. The minimum absolute atomic E-state index is 0.0113. The molecule has 2 aromatic heterocycles. The van der Waals surface area contributed by atoms with Crippen LogP contribution in [0.1, 0.15) is 23.6 Å². The molecular formula is C20H21ClN4O5S2. The smallest absolute Gasteiger partial charge is 0.322 e. The quantitative estimate of drug-likeness (QED) is 0.532. The number of aromatic nitrogens is 2. The monoisotopic (exact) mass is 496 g/mol. The van der Waals surface area contributed by atoms with Gasteiger partial charge in [0, 0.05) is 18.0 Å². The van der Waals surface area contributed by atoms with Gasteiger partial charge >= 0.3 is 6.01 Å². The van der Waals surface area contributed by atoms with Crippen LogP contribution < -0.4 is 10.1 Å². The highest BCUT2D eigenvalue weighted by Crippen LogP contribution is 2.27. The zero-order valence-corrected chi connectivity index (χ0v) is 19.5. The number of nitrogens with one attached hydrogen (secondary N) is 1. The maximum Gasteiger partial charge on any atom is 0.322 e.